The number of hydrogen-bond donors (Lipinski definition) is 0. The van der Waals surface area contributed by atoms with Crippen molar-refractivity contribution in [2.75, 3.05) is 13.6 Å². The Hall–Kier alpha value is -0.820. The van der Waals surface area contributed by atoms with Gasteiger partial charge in [-0.2, -0.15) is 0 Å². The second-order valence-electron chi connectivity index (χ2n) is 5.06. The first-order valence-electron chi connectivity index (χ1n) is 6.98. The summed E-state index contributed by atoms with van der Waals surface area (Å²) in [6.45, 7) is 5.78. The number of unbranched alkanes of at least 4 members (excludes halogenated alkanes) is 2. The minimum atomic E-state index is 0.713. The third-order valence-electron chi connectivity index (χ3n) is 3.57. The van der Waals surface area contributed by atoms with Gasteiger partial charge < -0.3 is 4.90 Å². The average Bonchev–Trinajstić information content (AvgIpc) is 2.37. The van der Waals surface area contributed by atoms with Gasteiger partial charge in [-0.05, 0) is 32.4 Å². The summed E-state index contributed by atoms with van der Waals surface area (Å²) < 4.78 is 0. The maximum absolute atomic E-state index is 2.49. The number of rotatable bonds is 8. The lowest BCUT2D eigenvalue weighted by Crippen LogP contribution is -2.30. The second-order valence-corrected chi connectivity index (χ2v) is 5.06. The smallest absolute Gasteiger partial charge is 0.00640 e. The molecule has 1 nitrogen and oxygen atoms in total. The number of nitrogens with zero attached hydrogens (tertiary/aromatic N) is 1. The van der Waals surface area contributed by atoms with Gasteiger partial charge in [0.1, 0.15) is 0 Å². The highest BCUT2D eigenvalue weighted by Gasteiger charge is 2.08. The summed E-state index contributed by atoms with van der Waals surface area (Å²) in [4.78, 5) is 2.49. The van der Waals surface area contributed by atoms with Crippen LogP contribution in [0.15, 0.2) is 30.3 Å². The van der Waals surface area contributed by atoms with E-state index < -0.39 is 0 Å². The van der Waals surface area contributed by atoms with Crippen molar-refractivity contribution < 1.29 is 0 Å². The molecule has 0 saturated heterocycles. The first-order chi connectivity index (χ1) is 8.24. The maximum atomic E-state index is 2.49. The molecule has 1 heteroatoms. The van der Waals surface area contributed by atoms with Crippen molar-refractivity contribution in [2.45, 2.75) is 52.0 Å². The molecule has 0 amide bonds. The topological polar surface area (TPSA) is 3.24 Å². The zero-order valence-electron chi connectivity index (χ0n) is 11.7. The Morgan fingerprint density at radius 1 is 1.12 bits per heavy atom. The molecule has 1 aromatic carbocycles. The van der Waals surface area contributed by atoms with Crippen LogP contribution in [0.1, 0.15) is 45.1 Å². The molecule has 1 atom stereocenters. The van der Waals surface area contributed by atoms with Crippen molar-refractivity contribution >= 4 is 0 Å². The van der Waals surface area contributed by atoms with E-state index in [1.165, 1.54) is 31.2 Å². The minimum Gasteiger partial charge on any atom is -0.303 e. The van der Waals surface area contributed by atoms with E-state index in [2.05, 4.69) is 56.1 Å². The van der Waals surface area contributed by atoms with Crippen molar-refractivity contribution in [3.63, 3.8) is 0 Å². The highest BCUT2D eigenvalue weighted by Crippen LogP contribution is 2.09. The highest BCUT2D eigenvalue weighted by molar-refractivity contribution is 5.14. The van der Waals surface area contributed by atoms with Gasteiger partial charge in [-0.15, -0.1) is 0 Å². The normalized spacial score (nSPS) is 12.9. The van der Waals surface area contributed by atoms with Gasteiger partial charge in [0, 0.05) is 12.6 Å². The number of likely N-dealkylation sites (N-methyl/N-ethyl adjacent to an activating group) is 1. The van der Waals surface area contributed by atoms with Gasteiger partial charge in [0.25, 0.3) is 0 Å². The van der Waals surface area contributed by atoms with E-state index in [1.54, 1.807) is 0 Å². The molecule has 0 aromatic heterocycles. The molecule has 0 N–H and O–H groups in total. The zero-order valence-corrected chi connectivity index (χ0v) is 11.7. The van der Waals surface area contributed by atoms with E-state index in [0.717, 1.165) is 13.0 Å². The van der Waals surface area contributed by atoms with Gasteiger partial charge in [0.2, 0.25) is 0 Å². The molecular formula is C16H27N. The third kappa shape index (κ3) is 5.88. The van der Waals surface area contributed by atoms with E-state index in [1.807, 2.05) is 0 Å². The van der Waals surface area contributed by atoms with Crippen molar-refractivity contribution in [1.82, 2.24) is 4.90 Å². The monoisotopic (exact) mass is 233 g/mol. The van der Waals surface area contributed by atoms with Gasteiger partial charge in [0.05, 0.1) is 0 Å². The van der Waals surface area contributed by atoms with Gasteiger partial charge >= 0.3 is 0 Å². The van der Waals surface area contributed by atoms with Crippen molar-refractivity contribution in [3.05, 3.63) is 35.9 Å². The molecule has 17 heavy (non-hydrogen) atoms. The highest BCUT2D eigenvalue weighted by atomic mass is 15.1. The molecule has 0 heterocycles. The predicted molar refractivity (Wildman–Crippen MR) is 76.4 cm³/mol. The molecule has 96 valence electrons. The largest absolute Gasteiger partial charge is 0.303 e. The molecule has 0 aliphatic rings. The standard InChI is InChI=1S/C16H27N/c1-4-5-7-10-15(2)17(3)14-13-16-11-8-6-9-12-16/h6,8-9,11-12,15H,4-5,7,10,13-14H2,1-3H3. The Bertz CT molecular complexity index is 281. The fourth-order valence-corrected chi connectivity index (χ4v) is 2.08. The molecule has 0 spiro atoms. The molecule has 0 aliphatic carbocycles. The third-order valence-corrected chi connectivity index (χ3v) is 3.57. The predicted octanol–water partition coefficient (Wildman–Crippen LogP) is 4.13. The summed E-state index contributed by atoms with van der Waals surface area (Å²) >= 11 is 0. The summed E-state index contributed by atoms with van der Waals surface area (Å²) in [6.07, 6.45) is 6.55. The van der Waals surface area contributed by atoms with Crippen LogP contribution >= 0.6 is 0 Å². The molecule has 0 aliphatic heterocycles. The Kier molecular flexibility index (Phi) is 6.95. The first kappa shape index (κ1) is 14.2. The molecular weight excluding hydrogens is 206 g/mol. The lowest BCUT2D eigenvalue weighted by Gasteiger charge is -2.24. The van der Waals surface area contributed by atoms with Gasteiger partial charge in [0.15, 0.2) is 0 Å². The lowest BCUT2D eigenvalue weighted by molar-refractivity contribution is 0.244. The van der Waals surface area contributed by atoms with Crippen LogP contribution in [-0.2, 0) is 6.42 Å². The van der Waals surface area contributed by atoms with E-state index >= 15 is 0 Å². The fourth-order valence-electron chi connectivity index (χ4n) is 2.08. The summed E-state index contributed by atoms with van der Waals surface area (Å²) in [7, 11) is 2.25. The minimum absolute atomic E-state index is 0.713. The maximum Gasteiger partial charge on any atom is 0.00640 e. The first-order valence-corrected chi connectivity index (χ1v) is 6.98. The van der Waals surface area contributed by atoms with E-state index in [0.29, 0.717) is 6.04 Å². The van der Waals surface area contributed by atoms with E-state index in [9.17, 15) is 0 Å². The van der Waals surface area contributed by atoms with Crippen molar-refractivity contribution in [1.29, 1.82) is 0 Å². The quantitative estimate of drug-likeness (QED) is 0.610. The van der Waals surface area contributed by atoms with Crippen molar-refractivity contribution in [3.8, 4) is 0 Å². The average molecular weight is 233 g/mol. The second kappa shape index (κ2) is 8.30. The van der Waals surface area contributed by atoms with Gasteiger partial charge in [-0.3, -0.25) is 0 Å². The molecule has 1 unspecified atom stereocenters. The fraction of sp³-hybridized carbons (Fsp3) is 0.625. The van der Waals surface area contributed by atoms with Crippen molar-refractivity contribution in [2.24, 2.45) is 0 Å². The molecule has 0 saturated carbocycles. The van der Waals surface area contributed by atoms with Gasteiger partial charge in [-0.1, -0.05) is 56.5 Å². The van der Waals surface area contributed by atoms with Crippen LogP contribution in [-0.4, -0.2) is 24.5 Å². The molecule has 0 radical (unpaired) electrons. The van der Waals surface area contributed by atoms with Gasteiger partial charge in [-0.25, -0.2) is 0 Å². The summed E-state index contributed by atoms with van der Waals surface area (Å²) in [5, 5.41) is 0. The SMILES string of the molecule is CCCCCC(C)N(C)CCc1ccccc1. The van der Waals surface area contributed by atoms with Crippen LogP contribution in [0.25, 0.3) is 0 Å². The Morgan fingerprint density at radius 2 is 1.82 bits per heavy atom. The van der Waals surface area contributed by atoms with Crippen LogP contribution in [0, 0.1) is 0 Å². The van der Waals surface area contributed by atoms with Crippen LogP contribution in [0.5, 0.6) is 0 Å². The number of benzene rings is 1. The Labute approximate surface area is 107 Å². The lowest BCUT2D eigenvalue weighted by atomic mass is 10.1. The Morgan fingerprint density at radius 3 is 2.47 bits per heavy atom. The van der Waals surface area contributed by atoms with E-state index in [4.69, 9.17) is 0 Å². The summed E-state index contributed by atoms with van der Waals surface area (Å²) in [5.74, 6) is 0. The summed E-state index contributed by atoms with van der Waals surface area (Å²) in [6, 6.07) is 11.5. The zero-order chi connectivity index (χ0) is 12.5. The molecule has 0 bridgehead atoms. The van der Waals surface area contributed by atoms with Crippen LogP contribution in [0.3, 0.4) is 0 Å². The van der Waals surface area contributed by atoms with Crippen LogP contribution in [0.4, 0.5) is 0 Å². The molecule has 1 aromatic rings. The Balaban J connectivity index is 2.22. The number of hydrogen-bond acceptors (Lipinski definition) is 1. The van der Waals surface area contributed by atoms with E-state index in [-0.39, 0.29) is 0 Å². The molecule has 1 rings (SSSR count). The molecule has 0 fully saturated rings. The summed E-state index contributed by atoms with van der Waals surface area (Å²) in [5.41, 5.74) is 1.44. The van der Waals surface area contributed by atoms with Crippen LogP contribution < -0.4 is 0 Å². The van der Waals surface area contributed by atoms with Crippen LogP contribution in [0.2, 0.25) is 0 Å².